The molecule has 0 aromatic heterocycles. The van der Waals surface area contributed by atoms with Gasteiger partial charge in [-0.05, 0) is 35.7 Å². The Morgan fingerprint density at radius 3 is 2.76 bits per heavy atom. The molecule has 2 atom stereocenters. The first-order valence-corrected chi connectivity index (χ1v) is 10.2. The summed E-state index contributed by atoms with van der Waals surface area (Å²) in [4.78, 5) is 17.8. The van der Waals surface area contributed by atoms with Crippen LogP contribution in [0.4, 0.5) is 10.1 Å². The number of para-hydroxylation sites is 1. The Morgan fingerprint density at radius 1 is 1.17 bits per heavy atom. The van der Waals surface area contributed by atoms with Crippen molar-refractivity contribution in [2.24, 2.45) is 5.92 Å². The SMILES string of the molecule is COCCNC(=O)[C@@H]1Cc2ccccc2N2CCN(Cc3ccc(F)cc3)C[C@H]12. The van der Waals surface area contributed by atoms with Gasteiger partial charge in [0.05, 0.1) is 18.6 Å². The zero-order chi connectivity index (χ0) is 20.2. The van der Waals surface area contributed by atoms with Gasteiger partial charge < -0.3 is 15.0 Å². The fourth-order valence-corrected chi connectivity index (χ4v) is 4.52. The summed E-state index contributed by atoms with van der Waals surface area (Å²) in [6, 6.07) is 15.2. The zero-order valence-corrected chi connectivity index (χ0v) is 16.8. The largest absolute Gasteiger partial charge is 0.383 e. The Hall–Kier alpha value is -2.44. The number of halogens is 1. The molecule has 1 N–H and O–H groups in total. The van der Waals surface area contributed by atoms with Gasteiger partial charge in [0.25, 0.3) is 0 Å². The third-order valence-corrected chi connectivity index (χ3v) is 5.97. The van der Waals surface area contributed by atoms with Gasteiger partial charge in [-0.1, -0.05) is 30.3 Å². The van der Waals surface area contributed by atoms with E-state index in [0.29, 0.717) is 13.2 Å². The summed E-state index contributed by atoms with van der Waals surface area (Å²) in [5.41, 5.74) is 3.58. The molecule has 5 nitrogen and oxygen atoms in total. The monoisotopic (exact) mass is 397 g/mol. The summed E-state index contributed by atoms with van der Waals surface area (Å²) in [6.07, 6.45) is 0.751. The number of anilines is 1. The highest BCUT2D eigenvalue weighted by molar-refractivity contribution is 5.82. The number of hydrogen-bond donors (Lipinski definition) is 1. The van der Waals surface area contributed by atoms with Crippen LogP contribution in [0.2, 0.25) is 0 Å². The molecule has 2 aromatic carbocycles. The number of hydrogen-bond acceptors (Lipinski definition) is 4. The van der Waals surface area contributed by atoms with Crippen molar-refractivity contribution in [2.45, 2.75) is 19.0 Å². The lowest BCUT2D eigenvalue weighted by molar-refractivity contribution is -0.126. The highest BCUT2D eigenvalue weighted by Gasteiger charge is 2.41. The Balaban J connectivity index is 1.52. The van der Waals surface area contributed by atoms with Gasteiger partial charge in [0, 0.05) is 45.5 Å². The maximum absolute atomic E-state index is 13.2. The Labute approximate surface area is 171 Å². The standard InChI is InChI=1S/C23H28FN3O2/c1-29-13-10-25-23(28)20-14-18-4-2-3-5-21(18)27-12-11-26(16-22(20)27)15-17-6-8-19(24)9-7-17/h2-9,20,22H,10-16H2,1H3,(H,25,28)/t20-,22-/m1/s1. The maximum atomic E-state index is 13.2. The minimum atomic E-state index is -0.213. The highest BCUT2D eigenvalue weighted by atomic mass is 19.1. The van der Waals surface area contributed by atoms with Gasteiger partial charge in [0.1, 0.15) is 5.82 Å². The number of amides is 1. The van der Waals surface area contributed by atoms with Crippen LogP contribution in [0.15, 0.2) is 48.5 Å². The van der Waals surface area contributed by atoms with Crippen LogP contribution < -0.4 is 10.2 Å². The van der Waals surface area contributed by atoms with Crippen molar-refractivity contribution >= 4 is 11.6 Å². The molecule has 2 aliphatic rings. The Bertz CT molecular complexity index is 842. The van der Waals surface area contributed by atoms with E-state index < -0.39 is 0 Å². The van der Waals surface area contributed by atoms with Crippen LogP contribution in [0.25, 0.3) is 0 Å². The van der Waals surface area contributed by atoms with E-state index in [9.17, 15) is 9.18 Å². The molecule has 0 radical (unpaired) electrons. The summed E-state index contributed by atoms with van der Waals surface area (Å²) in [5, 5.41) is 3.04. The first-order valence-electron chi connectivity index (χ1n) is 10.2. The molecule has 6 heteroatoms. The van der Waals surface area contributed by atoms with Crippen LogP contribution in [-0.2, 0) is 22.5 Å². The topological polar surface area (TPSA) is 44.8 Å². The zero-order valence-electron chi connectivity index (χ0n) is 16.8. The molecule has 4 rings (SSSR count). The summed E-state index contributed by atoms with van der Waals surface area (Å²) in [6.45, 7) is 4.42. The molecule has 1 saturated heterocycles. The second kappa shape index (κ2) is 8.93. The fourth-order valence-electron chi connectivity index (χ4n) is 4.52. The molecule has 0 aliphatic carbocycles. The normalized spacial score (nSPS) is 21.4. The number of nitrogens with one attached hydrogen (secondary N) is 1. The number of carbonyl (C=O) groups excluding carboxylic acids is 1. The third-order valence-electron chi connectivity index (χ3n) is 5.97. The first-order chi connectivity index (χ1) is 14.2. The van der Waals surface area contributed by atoms with Gasteiger partial charge in [0.2, 0.25) is 5.91 Å². The molecule has 2 aromatic rings. The number of benzene rings is 2. The van der Waals surface area contributed by atoms with Crippen LogP contribution >= 0.6 is 0 Å². The quantitative estimate of drug-likeness (QED) is 0.761. The Kier molecular flexibility index (Phi) is 6.11. The predicted molar refractivity (Wildman–Crippen MR) is 111 cm³/mol. The molecule has 1 fully saturated rings. The van der Waals surface area contributed by atoms with Crippen molar-refractivity contribution < 1.29 is 13.9 Å². The number of fused-ring (bicyclic) bond motifs is 3. The molecule has 2 aliphatic heterocycles. The molecule has 154 valence electrons. The van der Waals surface area contributed by atoms with E-state index in [1.54, 1.807) is 7.11 Å². The fraction of sp³-hybridized carbons (Fsp3) is 0.435. The van der Waals surface area contributed by atoms with Crippen LogP contribution in [0.1, 0.15) is 11.1 Å². The Morgan fingerprint density at radius 2 is 1.97 bits per heavy atom. The van der Waals surface area contributed by atoms with Crippen molar-refractivity contribution in [1.82, 2.24) is 10.2 Å². The van der Waals surface area contributed by atoms with E-state index in [0.717, 1.165) is 38.2 Å². The summed E-state index contributed by atoms with van der Waals surface area (Å²) in [5.74, 6) is -0.219. The summed E-state index contributed by atoms with van der Waals surface area (Å²) in [7, 11) is 1.64. The van der Waals surface area contributed by atoms with Crippen LogP contribution in [0, 0.1) is 11.7 Å². The number of nitrogens with zero attached hydrogens (tertiary/aromatic N) is 2. The van der Waals surface area contributed by atoms with Gasteiger partial charge in [0.15, 0.2) is 0 Å². The van der Waals surface area contributed by atoms with E-state index in [-0.39, 0.29) is 23.7 Å². The van der Waals surface area contributed by atoms with Gasteiger partial charge in [-0.25, -0.2) is 4.39 Å². The number of carbonyl (C=O) groups is 1. The molecular formula is C23H28FN3O2. The number of piperazine rings is 1. The lowest BCUT2D eigenvalue weighted by Crippen LogP contribution is -2.61. The van der Waals surface area contributed by atoms with Crippen LogP contribution in [0.5, 0.6) is 0 Å². The van der Waals surface area contributed by atoms with Crippen molar-refractivity contribution in [1.29, 1.82) is 0 Å². The number of rotatable bonds is 6. The minimum absolute atomic E-state index is 0.0928. The lowest BCUT2D eigenvalue weighted by Gasteiger charge is -2.49. The van der Waals surface area contributed by atoms with Gasteiger partial charge in [-0.2, -0.15) is 0 Å². The third kappa shape index (κ3) is 4.43. The molecular weight excluding hydrogens is 369 g/mol. The summed E-state index contributed by atoms with van der Waals surface area (Å²) >= 11 is 0. The average Bonchev–Trinajstić information content (AvgIpc) is 2.75. The number of methoxy groups -OCH3 is 1. The molecule has 0 bridgehead atoms. The van der Waals surface area contributed by atoms with E-state index in [1.165, 1.54) is 23.4 Å². The second-order valence-corrected chi connectivity index (χ2v) is 7.85. The molecule has 0 spiro atoms. The molecule has 0 unspecified atom stereocenters. The van der Waals surface area contributed by atoms with Crippen molar-refractivity contribution in [3.8, 4) is 0 Å². The minimum Gasteiger partial charge on any atom is -0.383 e. The van der Waals surface area contributed by atoms with Gasteiger partial charge in [-0.15, -0.1) is 0 Å². The van der Waals surface area contributed by atoms with Crippen LogP contribution in [0.3, 0.4) is 0 Å². The maximum Gasteiger partial charge on any atom is 0.225 e. The predicted octanol–water partition coefficient (Wildman–Crippen LogP) is 2.45. The lowest BCUT2D eigenvalue weighted by atomic mass is 9.83. The highest BCUT2D eigenvalue weighted by Crippen LogP contribution is 2.36. The van der Waals surface area contributed by atoms with E-state index in [4.69, 9.17) is 4.74 Å². The van der Waals surface area contributed by atoms with E-state index in [2.05, 4.69) is 33.3 Å². The van der Waals surface area contributed by atoms with Crippen molar-refractivity contribution in [3.05, 3.63) is 65.5 Å². The van der Waals surface area contributed by atoms with Crippen molar-refractivity contribution in [2.75, 3.05) is 44.8 Å². The smallest absolute Gasteiger partial charge is 0.225 e. The average molecular weight is 397 g/mol. The molecule has 0 saturated carbocycles. The van der Waals surface area contributed by atoms with Crippen molar-refractivity contribution in [3.63, 3.8) is 0 Å². The molecule has 29 heavy (non-hydrogen) atoms. The number of ether oxygens (including phenoxy) is 1. The van der Waals surface area contributed by atoms with E-state index >= 15 is 0 Å². The van der Waals surface area contributed by atoms with E-state index in [1.807, 2.05) is 18.2 Å². The summed E-state index contributed by atoms with van der Waals surface area (Å²) < 4.78 is 18.3. The van der Waals surface area contributed by atoms with Gasteiger partial charge in [-0.3, -0.25) is 9.69 Å². The second-order valence-electron chi connectivity index (χ2n) is 7.85. The van der Waals surface area contributed by atoms with Gasteiger partial charge >= 0.3 is 0 Å². The molecule has 2 heterocycles. The molecule has 1 amide bonds. The first kappa shape index (κ1) is 19.9. The van der Waals surface area contributed by atoms with Crippen LogP contribution in [-0.4, -0.2) is 56.7 Å².